The molecule has 0 fully saturated rings. The van der Waals surface area contributed by atoms with Crippen LogP contribution in [-0.2, 0) is 30.7 Å². The van der Waals surface area contributed by atoms with Crippen molar-refractivity contribution in [3.05, 3.63) is 62.6 Å². The smallest absolute Gasteiger partial charge is 0.332 e. The lowest BCUT2D eigenvalue weighted by Crippen LogP contribution is -2.38. The maximum absolute atomic E-state index is 12.8. The molecule has 31 heavy (non-hydrogen) atoms. The van der Waals surface area contributed by atoms with E-state index in [1.165, 1.54) is 23.4 Å². The number of nitrogens with zero attached hydrogens (tertiary/aromatic N) is 4. The Morgan fingerprint density at radius 3 is 2.39 bits per heavy atom. The number of nitrogens with one attached hydrogen (secondary N) is 1. The van der Waals surface area contributed by atoms with Crippen molar-refractivity contribution in [1.29, 1.82) is 0 Å². The van der Waals surface area contributed by atoms with Gasteiger partial charge in [0.15, 0.2) is 5.65 Å². The van der Waals surface area contributed by atoms with Gasteiger partial charge in [-0.25, -0.2) is 14.8 Å². The second-order valence-electron chi connectivity index (χ2n) is 8.38. The Hall–Kier alpha value is -2.94. The Morgan fingerprint density at radius 2 is 1.74 bits per heavy atom. The molecule has 164 valence electrons. The summed E-state index contributed by atoms with van der Waals surface area (Å²) in [6, 6.07) is 9.92. The fraction of sp³-hybridized carbons (Fsp3) is 0.409. The summed E-state index contributed by atoms with van der Waals surface area (Å²) in [6.07, 6.45) is 0.741. The Balaban J connectivity index is 1.85. The van der Waals surface area contributed by atoms with Crippen molar-refractivity contribution in [2.75, 3.05) is 12.3 Å². The van der Waals surface area contributed by atoms with Crippen LogP contribution in [0.1, 0.15) is 32.2 Å². The van der Waals surface area contributed by atoms with Gasteiger partial charge in [-0.15, -0.1) is 0 Å². The number of hydrogen-bond donors (Lipinski definition) is 1. The zero-order valence-electron chi connectivity index (χ0n) is 18.4. The monoisotopic (exact) mass is 441 g/mol. The van der Waals surface area contributed by atoms with Crippen LogP contribution in [-0.4, -0.2) is 37.3 Å². The second-order valence-corrected chi connectivity index (χ2v) is 9.35. The number of rotatable bonds is 6. The zero-order chi connectivity index (χ0) is 22.8. The van der Waals surface area contributed by atoms with Gasteiger partial charge < -0.3 is 5.32 Å². The Kier molecular flexibility index (Phi) is 6.64. The summed E-state index contributed by atoms with van der Waals surface area (Å²) in [6.45, 7) is 6.39. The molecule has 2 heterocycles. The first-order valence-electron chi connectivity index (χ1n) is 10.0. The minimum absolute atomic E-state index is 0.108. The number of hydrogen-bond acceptors (Lipinski definition) is 6. The Bertz CT molecular complexity index is 1230. The highest BCUT2D eigenvalue weighted by molar-refractivity contribution is 8.00. The molecular weight excluding hydrogens is 414 g/mol. The normalized spacial score (nSPS) is 11.6. The molecule has 8 nitrogen and oxygen atoms in total. The van der Waals surface area contributed by atoms with E-state index in [0.29, 0.717) is 17.4 Å². The van der Waals surface area contributed by atoms with Crippen LogP contribution in [0.4, 0.5) is 0 Å². The zero-order valence-corrected chi connectivity index (χ0v) is 19.2. The first-order chi connectivity index (χ1) is 14.6. The molecule has 0 spiro atoms. The largest absolute Gasteiger partial charge is 0.355 e. The maximum atomic E-state index is 12.8. The topological polar surface area (TPSA) is 98.9 Å². The van der Waals surface area contributed by atoms with Gasteiger partial charge in [-0.3, -0.25) is 18.7 Å². The fourth-order valence-corrected chi connectivity index (χ4v) is 3.89. The van der Waals surface area contributed by atoms with Gasteiger partial charge in [-0.05, 0) is 12.0 Å². The molecular formula is C22H27N5O3S. The number of aryl methyl sites for hydroxylation is 1. The van der Waals surface area contributed by atoms with Crippen molar-refractivity contribution in [1.82, 2.24) is 24.4 Å². The number of aromatic nitrogens is 4. The van der Waals surface area contributed by atoms with Crippen LogP contribution in [0.25, 0.3) is 11.0 Å². The number of amides is 1. The summed E-state index contributed by atoms with van der Waals surface area (Å²) in [5.41, 5.74) is 0.117. The molecule has 0 bridgehead atoms. The molecule has 0 aliphatic heterocycles. The molecule has 3 aromatic rings. The average Bonchev–Trinajstić information content (AvgIpc) is 2.74. The van der Waals surface area contributed by atoms with E-state index in [4.69, 9.17) is 0 Å². The van der Waals surface area contributed by atoms with E-state index in [9.17, 15) is 14.4 Å². The van der Waals surface area contributed by atoms with E-state index < -0.39 is 16.7 Å². The van der Waals surface area contributed by atoms with E-state index in [-0.39, 0.29) is 22.7 Å². The third-order valence-corrected chi connectivity index (χ3v) is 5.83. The van der Waals surface area contributed by atoms with Gasteiger partial charge in [0.1, 0.15) is 16.2 Å². The first-order valence-corrected chi connectivity index (χ1v) is 11.0. The highest BCUT2D eigenvalue weighted by Gasteiger charge is 2.24. The third kappa shape index (κ3) is 5.04. The van der Waals surface area contributed by atoms with Crippen LogP contribution in [0.3, 0.4) is 0 Å². The lowest BCUT2D eigenvalue weighted by molar-refractivity contribution is -0.118. The minimum atomic E-state index is -0.467. The number of carbonyl (C=O) groups excluding carboxylic acids is 1. The number of thioether (sulfide) groups is 1. The van der Waals surface area contributed by atoms with Crippen molar-refractivity contribution in [3.63, 3.8) is 0 Å². The Morgan fingerprint density at radius 1 is 1.06 bits per heavy atom. The molecule has 9 heteroatoms. The van der Waals surface area contributed by atoms with Crippen LogP contribution in [0.5, 0.6) is 0 Å². The van der Waals surface area contributed by atoms with Crippen LogP contribution in [0, 0.1) is 0 Å². The molecule has 0 saturated heterocycles. The first kappa shape index (κ1) is 22.7. The predicted molar refractivity (Wildman–Crippen MR) is 123 cm³/mol. The second kappa shape index (κ2) is 9.05. The van der Waals surface area contributed by atoms with E-state index in [2.05, 4.69) is 15.3 Å². The fourth-order valence-electron chi connectivity index (χ4n) is 3.04. The molecule has 0 unspecified atom stereocenters. The lowest BCUT2D eigenvalue weighted by Gasteiger charge is -2.19. The van der Waals surface area contributed by atoms with E-state index in [1.807, 2.05) is 51.1 Å². The van der Waals surface area contributed by atoms with Crippen molar-refractivity contribution < 1.29 is 4.79 Å². The Labute approximate surface area is 184 Å². The van der Waals surface area contributed by atoms with Crippen LogP contribution in [0.2, 0.25) is 0 Å². The van der Waals surface area contributed by atoms with E-state index >= 15 is 0 Å². The van der Waals surface area contributed by atoms with Gasteiger partial charge in [0.05, 0.1) is 5.75 Å². The minimum Gasteiger partial charge on any atom is -0.355 e. The van der Waals surface area contributed by atoms with Crippen LogP contribution >= 0.6 is 11.8 Å². The molecule has 1 aromatic carbocycles. The summed E-state index contributed by atoms with van der Waals surface area (Å²) in [5, 5.41) is 3.56. The standard InChI is InChI=1S/C22H27N5O3S/c1-22(2,3)20-24-17-16(19(29)27(5)21(30)26(17)4)18(25-20)31-13-15(28)23-12-11-14-9-7-6-8-10-14/h6-10H,11-13H2,1-5H3,(H,23,28). The van der Waals surface area contributed by atoms with Gasteiger partial charge >= 0.3 is 5.69 Å². The molecule has 0 radical (unpaired) electrons. The van der Waals surface area contributed by atoms with Crippen molar-refractivity contribution in [3.8, 4) is 0 Å². The maximum Gasteiger partial charge on any atom is 0.332 e. The molecule has 0 saturated carbocycles. The number of benzene rings is 1. The van der Waals surface area contributed by atoms with Gasteiger partial charge in [0.25, 0.3) is 5.56 Å². The average molecular weight is 442 g/mol. The van der Waals surface area contributed by atoms with Gasteiger partial charge in [0.2, 0.25) is 5.91 Å². The quantitative estimate of drug-likeness (QED) is 0.462. The molecule has 2 aromatic heterocycles. The number of carbonyl (C=O) groups is 1. The van der Waals surface area contributed by atoms with Gasteiger partial charge in [-0.2, -0.15) is 0 Å². The summed E-state index contributed by atoms with van der Waals surface area (Å²) < 4.78 is 2.38. The molecule has 0 aliphatic rings. The van der Waals surface area contributed by atoms with Gasteiger partial charge in [0, 0.05) is 26.1 Å². The predicted octanol–water partition coefficient (Wildman–Crippen LogP) is 1.78. The van der Waals surface area contributed by atoms with Crippen LogP contribution in [0.15, 0.2) is 44.9 Å². The van der Waals surface area contributed by atoms with E-state index in [0.717, 1.165) is 16.6 Å². The highest BCUT2D eigenvalue weighted by Crippen LogP contribution is 2.26. The molecule has 1 amide bonds. The van der Waals surface area contributed by atoms with Gasteiger partial charge in [-0.1, -0.05) is 62.9 Å². The SMILES string of the molecule is Cn1c(=O)c2c(SCC(=O)NCCc3ccccc3)nc(C(C)(C)C)nc2n(C)c1=O. The van der Waals surface area contributed by atoms with E-state index in [1.54, 1.807) is 7.05 Å². The third-order valence-electron chi connectivity index (χ3n) is 4.86. The summed E-state index contributed by atoms with van der Waals surface area (Å²) in [5.74, 6) is 0.470. The van der Waals surface area contributed by atoms with Crippen molar-refractivity contribution in [2.45, 2.75) is 37.6 Å². The molecule has 3 rings (SSSR count). The van der Waals surface area contributed by atoms with Crippen LogP contribution < -0.4 is 16.6 Å². The number of fused-ring (bicyclic) bond motifs is 1. The summed E-state index contributed by atoms with van der Waals surface area (Å²) >= 11 is 1.18. The summed E-state index contributed by atoms with van der Waals surface area (Å²) in [4.78, 5) is 46.7. The molecule has 0 atom stereocenters. The van der Waals surface area contributed by atoms with Crippen molar-refractivity contribution in [2.24, 2.45) is 14.1 Å². The lowest BCUT2D eigenvalue weighted by atomic mass is 9.96. The molecule has 0 aliphatic carbocycles. The summed E-state index contributed by atoms with van der Waals surface area (Å²) in [7, 11) is 3.00. The van der Waals surface area contributed by atoms with Crippen molar-refractivity contribution >= 4 is 28.7 Å². The highest BCUT2D eigenvalue weighted by atomic mass is 32.2. The molecule has 1 N–H and O–H groups in total.